The van der Waals surface area contributed by atoms with Crippen LogP contribution in [0.5, 0.6) is 0 Å². The fourth-order valence-corrected chi connectivity index (χ4v) is 10.8. The van der Waals surface area contributed by atoms with E-state index in [1.54, 1.807) is 0 Å². The van der Waals surface area contributed by atoms with Crippen LogP contribution in [0.1, 0.15) is 93.4 Å². The maximum Gasteiger partial charge on any atom is 0.302 e. The number of nitrogens with zero attached hydrogens (tertiary/aromatic N) is 1. The number of carbonyl (C=O) groups excluding carboxylic acids is 3. The number of Topliss-reactive ketones (excluding diaryl/α,β-unsaturated/α-hetero) is 1. The Balaban J connectivity index is 1.56. The van der Waals surface area contributed by atoms with E-state index in [1.165, 1.54) is 6.92 Å². The molecule has 5 aliphatic carbocycles. The maximum atomic E-state index is 14.8. The van der Waals surface area contributed by atoms with Crippen molar-refractivity contribution < 1.29 is 23.9 Å². The summed E-state index contributed by atoms with van der Waals surface area (Å²) in [5, 5.41) is 0. The van der Waals surface area contributed by atoms with Crippen molar-refractivity contribution in [2.24, 2.45) is 44.3 Å². The molecule has 1 saturated heterocycles. The van der Waals surface area contributed by atoms with Gasteiger partial charge >= 0.3 is 5.97 Å². The van der Waals surface area contributed by atoms with Crippen LogP contribution in [0.15, 0.2) is 35.8 Å². The second kappa shape index (κ2) is 7.78. The smallest absolute Gasteiger partial charge is 0.302 e. The molecule has 214 valence electrons. The fraction of sp³-hybridized carbons (Fsp3) is 0.706. The van der Waals surface area contributed by atoms with Crippen LogP contribution in [0.25, 0.3) is 4.85 Å². The van der Waals surface area contributed by atoms with E-state index in [1.807, 2.05) is 19.1 Å². The van der Waals surface area contributed by atoms with Crippen LogP contribution >= 0.6 is 0 Å². The highest BCUT2D eigenvalue weighted by Gasteiger charge is 2.81. The third kappa shape index (κ3) is 2.87. The molecule has 0 radical (unpaired) electrons. The van der Waals surface area contributed by atoms with Crippen LogP contribution in [0.4, 0.5) is 0 Å². The van der Waals surface area contributed by atoms with E-state index in [-0.39, 0.29) is 46.5 Å². The number of esters is 1. The van der Waals surface area contributed by atoms with E-state index in [4.69, 9.17) is 16.0 Å². The Morgan fingerprint density at radius 2 is 1.75 bits per heavy atom. The molecule has 0 unspecified atom stereocenters. The van der Waals surface area contributed by atoms with Crippen LogP contribution < -0.4 is 0 Å². The Bertz CT molecular complexity index is 1380. The zero-order chi connectivity index (χ0) is 29.3. The van der Waals surface area contributed by atoms with Crippen molar-refractivity contribution in [3.63, 3.8) is 0 Å². The zero-order valence-electron chi connectivity index (χ0n) is 25.2. The Morgan fingerprint density at radius 3 is 2.40 bits per heavy atom. The molecule has 8 atom stereocenters. The van der Waals surface area contributed by atoms with Crippen molar-refractivity contribution in [1.82, 2.24) is 0 Å². The molecule has 6 aliphatic rings. The van der Waals surface area contributed by atoms with Gasteiger partial charge in [-0.15, -0.1) is 0 Å². The van der Waals surface area contributed by atoms with E-state index in [0.717, 1.165) is 56.3 Å². The lowest BCUT2D eigenvalue weighted by atomic mass is 9.33. The van der Waals surface area contributed by atoms with Gasteiger partial charge in [-0.25, -0.2) is 4.85 Å². The minimum atomic E-state index is -1.05. The van der Waals surface area contributed by atoms with Gasteiger partial charge in [-0.3, -0.25) is 9.59 Å². The van der Waals surface area contributed by atoms with Crippen LogP contribution in [-0.4, -0.2) is 29.7 Å². The summed E-state index contributed by atoms with van der Waals surface area (Å²) >= 11 is 0. The predicted molar refractivity (Wildman–Crippen MR) is 150 cm³/mol. The quantitative estimate of drug-likeness (QED) is 0.283. The summed E-state index contributed by atoms with van der Waals surface area (Å²) in [5.74, 6) is -0.0277. The summed E-state index contributed by atoms with van der Waals surface area (Å²) in [6.45, 7) is 26.7. The number of fused-ring (bicyclic) bond motifs is 4. The Hall–Kier alpha value is -2.68. The molecule has 6 rings (SSSR count). The van der Waals surface area contributed by atoms with E-state index in [9.17, 15) is 14.4 Å². The normalized spacial score (nSPS) is 48.3. The molecule has 2 bridgehead atoms. The fourth-order valence-electron chi connectivity index (χ4n) is 10.8. The Labute approximate surface area is 238 Å². The van der Waals surface area contributed by atoms with Crippen molar-refractivity contribution >= 4 is 17.5 Å². The van der Waals surface area contributed by atoms with Gasteiger partial charge in [0.25, 0.3) is 0 Å². The van der Waals surface area contributed by atoms with Gasteiger partial charge in [-0.05, 0) is 67.8 Å². The van der Waals surface area contributed by atoms with Gasteiger partial charge < -0.3 is 14.3 Å². The first kappa shape index (κ1) is 27.5. The first-order valence-electron chi connectivity index (χ1n) is 14.9. The molecule has 0 aromatic heterocycles. The summed E-state index contributed by atoms with van der Waals surface area (Å²) in [5.41, 5.74) is -2.55. The summed E-state index contributed by atoms with van der Waals surface area (Å²) < 4.78 is 12.4. The van der Waals surface area contributed by atoms with Crippen LogP contribution in [0, 0.1) is 50.9 Å². The molecule has 1 aliphatic heterocycles. The molecule has 1 spiro atoms. The summed E-state index contributed by atoms with van der Waals surface area (Å²) in [4.78, 5) is 43.9. The summed E-state index contributed by atoms with van der Waals surface area (Å²) in [6, 6.07) is 0. The maximum absolute atomic E-state index is 14.8. The standard InChI is InChI=1S/C34H43NO5/c1-20-33-14-12-28(3,4)18-25(33)34(40-20)26(37)16-24-29(5)17-22(35-9)27(38)30(6,19-39-21(2)36)23(29)10-11-31(24,7)32(34,8)13-15-33/h16-17,23,25H,1,10-15,18-19H2,2-8H3/t23-,25-,29+,30+,31-,32+,33-,34-/m1/s1. The molecule has 4 fully saturated rings. The minimum Gasteiger partial charge on any atom is -0.483 e. The van der Waals surface area contributed by atoms with E-state index in [0.29, 0.717) is 0 Å². The van der Waals surface area contributed by atoms with E-state index in [2.05, 4.69) is 46.0 Å². The first-order chi connectivity index (χ1) is 18.5. The van der Waals surface area contributed by atoms with Crippen molar-refractivity contribution in [3.05, 3.63) is 47.2 Å². The highest BCUT2D eigenvalue weighted by molar-refractivity contribution is 6.04. The van der Waals surface area contributed by atoms with Crippen LogP contribution in [0.3, 0.4) is 0 Å². The van der Waals surface area contributed by atoms with Gasteiger partial charge in [-0.2, -0.15) is 0 Å². The van der Waals surface area contributed by atoms with Crippen LogP contribution in [0.2, 0.25) is 0 Å². The molecule has 1 heterocycles. The molecule has 0 amide bonds. The Morgan fingerprint density at radius 1 is 1.07 bits per heavy atom. The van der Waals surface area contributed by atoms with Gasteiger partial charge in [0.1, 0.15) is 6.61 Å². The monoisotopic (exact) mass is 545 g/mol. The second-order valence-electron chi connectivity index (χ2n) is 15.5. The average molecular weight is 546 g/mol. The van der Waals surface area contributed by atoms with E-state index >= 15 is 0 Å². The number of rotatable bonds is 2. The highest BCUT2D eigenvalue weighted by atomic mass is 16.5. The molecular weight excluding hydrogens is 502 g/mol. The zero-order valence-corrected chi connectivity index (χ0v) is 25.2. The highest BCUT2D eigenvalue weighted by Crippen LogP contribution is 2.80. The van der Waals surface area contributed by atoms with Gasteiger partial charge in [0, 0.05) is 29.1 Å². The Kier molecular flexibility index (Phi) is 5.35. The van der Waals surface area contributed by atoms with Gasteiger partial charge in [0.05, 0.1) is 17.7 Å². The number of hydrogen-bond acceptors (Lipinski definition) is 5. The average Bonchev–Trinajstić information content (AvgIpc) is 3.06. The lowest BCUT2D eigenvalue weighted by Gasteiger charge is -2.69. The van der Waals surface area contributed by atoms with Gasteiger partial charge in [0.15, 0.2) is 17.2 Å². The summed E-state index contributed by atoms with van der Waals surface area (Å²) in [6.07, 6.45) is 10.1. The van der Waals surface area contributed by atoms with Crippen LogP contribution in [-0.2, 0) is 23.9 Å². The van der Waals surface area contributed by atoms with Crippen molar-refractivity contribution in [2.75, 3.05) is 6.61 Å². The number of allylic oxidation sites excluding steroid dienone is 4. The third-order valence-corrected chi connectivity index (χ3v) is 13.2. The first-order valence-corrected chi connectivity index (χ1v) is 14.9. The third-order valence-electron chi connectivity index (χ3n) is 13.2. The van der Waals surface area contributed by atoms with Crippen molar-refractivity contribution in [2.45, 2.75) is 99.0 Å². The number of ether oxygens (including phenoxy) is 2. The molecule has 6 heteroatoms. The second-order valence-corrected chi connectivity index (χ2v) is 15.5. The minimum absolute atomic E-state index is 0.0196. The van der Waals surface area contributed by atoms with E-state index < -0.39 is 33.2 Å². The molecule has 0 aromatic rings. The molecular formula is C34H43NO5. The molecule has 40 heavy (non-hydrogen) atoms. The lowest BCUT2D eigenvalue weighted by molar-refractivity contribution is -0.204. The van der Waals surface area contributed by atoms with Gasteiger partial charge in [0.2, 0.25) is 5.70 Å². The molecule has 0 N–H and O–H groups in total. The lowest BCUT2D eigenvalue weighted by Crippen LogP contribution is -2.71. The SMILES string of the molecule is [C-]#[N+]C1=C[C@]2(C)C3=CC(=O)[C@]45OC(=C)[C@@]6(CCC(C)(C)C[C@H]64)CC[C@@]5(C)[C@]3(C)CC[C@H]2[C@](C)(COC(C)=O)C1=O. The van der Waals surface area contributed by atoms with Gasteiger partial charge in [-0.1, -0.05) is 59.8 Å². The van der Waals surface area contributed by atoms with Crippen molar-refractivity contribution in [1.29, 1.82) is 0 Å². The molecule has 3 saturated carbocycles. The topological polar surface area (TPSA) is 74.0 Å². The number of hydrogen-bond donors (Lipinski definition) is 0. The molecule has 0 aromatic carbocycles. The predicted octanol–water partition coefficient (Wildman–Crippen LogP) is 6.77. The number of ketones is 2. The summed E-state index contributed by atoms with van der Waals surface area (Å²) in [7, 11) is 0. The van der Waals surface area contributed by atoms with Crippen molar-refractivity contribution in [3.8, 4) is 0 Å². The largest absolute Gasteiger partial charge is 0.483 e. The number of carbonyl (C=O) groups is 3. The molecule has 6 nitrogen and oxygen atoms in total.